The van der Waals surface area contributed by atoms with E-state index in [9.17, 15) is 10.2 Å². The lowest BCUT2D eigenvalue weighted by atomic mass is 9.39. The Morgan fingerprint density at radius 1 is 0.955 bits per heavy atom. The second-order valence-corrected chi connectivity index (χ2v) is 10.6. The Balaban J connectivity index is 1.55. The standard InChI is InChI=1S/C20H32O2/c1-17-6-5-16(22)19(3,11-21)14(17)4-7-20-9-13-12(8-15(17)20)18(13,2)10-20/h12-16,21-22H,4-11H2,1-3H3/t12-,13+,14+,15+,16-,17-,18-,19-,20+/m1/s1. The fourth-order valence-corrected chi connectivity index (χ4v) is 8.87. The van der Waals surface area contributed by atoms with Crippen LogP contribution in [0.2, 0.25) is 0 Å². The molecular weight excluding hydrogens is 272 g/mol. The lowest BCUT2D eigenvalue weighted by Gasteiger charge is -2.66. The normalized spacial score (nSPS) is 68.3. The minimum atomic E-state index is -0.312. The largest absolute Gasteiger partial charge is 0.396 e. The van der Waals surface area contributed by atoms with E-state index in [1.165, 1.54) is 38.5 Å². The summed E-state index contributed by atoms with van der Waals surface area (Å²) in [4.78, 5) is 0. The number of fused-ring (bicyclic) bond motifs is 1. The fraction of sp³-hybridized carbons (Fsp3) is 1.00. The lowest BCUT2D eigenvalue weighted by molar-refractivity contribution is -0.205. The highest BCUT2D eigenvalue weighted by molar-refractivity contribution is 5.27. The van der Waals surface area contributed by atoms with Crippen molar-refractivity contribution < 1.29 is 10.2 Å². The first-order chi connectivity index (χ1) is 10.3. The summed E-state index contributed by atoms with van der Waals surface area (Å²) >= 11 is 0. The molecule has 0 aromatic rings. The van der Waals surface area contributed by atoms with Gasteiger partial charge in [0, 0.05) is 5.41 Å². The predicted molar refractivity (Wildman–Crippen MR) is 86.1 cm³/mol. The molecule has 2 N–H and O–H groups in total. The van der Waals surface area contributed by atoms with Gasteiger partial charge in [0.05, 0.1) is 12.7 Å². The molecule has 0 heterocycles. The second-order valence-electron chi connectivity index (χ2n) is 10.6. The zero-order valence-electron chi connectivity index (χ0n) is 14.4. The Labute approximate surface area is 134 Å². The van der Waals surface area contributed by atoms with Gasteiger partial charge in [-0.1, -0.05) is 20.8 Å². The molecule has 1 spiro atoms. The number of rotatable bonds is 1. The van der Waals surface area contributed by atoms with Crippen LogP contribution in [-0.4, -0.2) is 22.9 Å². The van der Waals surface area contributed by atoms with Crippen LogP contribution in [0.15, 0.2) is 0 Å². The van der Waals surface area contributed by atoms with Crippen molar-refractivity contribution in [1.29, 1.82) is 0 Å². The Kier molecular flexibility index (Phi) is 2.45. The molecule has 0 aromatic heterocycles. The molecule has 0 amide bonds. The van der Waals surface area contributed by atoms with Crippen LogP contribution in [0.3, 0.4) is 0 Å². The third kappa shape index (κ3) is 1.30. The smallest absolute Gasteiger partial charge is 0.0618 e. The minimum absolute atomic E-state index is 0.151. The molecule has 4 bridgehead atoms. The summed E-state index contributed by atoms with van der Waals surface area (Å²) in [6, 6.07) is 0. The molecule has 0 saturated heterocycles. The Morgan fingerprint density at radius 2 is 1.73 bits per heavy atom. The van der Waals surface area contributed by atoms with Gasteiger partial charge in [-0.3, -0.25) is 0 Å². The van der Waals surface area contributed by atoms with Crippen LogP contribution in [0.4, 0.5) is 0 Å². The van der Waals surface area contributed by atoms with Crippen molar-refractivity contribution in [3.63, 3.8) is 0 Å². The van der Waals surface area contributed by atoms with Crippen LogP contribution in [-0.2, 0) is 0 Å². The molecule has 2 nitrogen and oxygen atoms in total. The molecule has 6 aliphatic rings. The molecule has 22 heavy (non-hydrogen) atoms. The molecule has 0 unspecified atom stereocenters. The summed E-state index contributed by atoms with van der Waals surface area (Å²) in [7, 11) is 0. The molecule has 2 heteroatoms. The first kappa shape index (κ1) is 14.3. The van der Waals surface area contributed by atoms with Gasteiger partial charge in [0.2, 0.25) is 0 Å². The SMILES string of the molecule is C[C@@]1(CO)[C@H]2CC[C@@]34C[C@H]5[C@@H](C[C@H]3[C@]2(C)CC[C@H]1O)[C@@]5(C)C4. The van der Waals surface area contributed by atoms with E-state index in [2.05, 4.69) is 20.8 Å². The molecule has 0 aliphatic heterocycles. The highest BCUT2D eigenvalue weighted by Gasteiger charge is 2.78. The summed E-state index contributed by atoms with van der Waals surface area (Å²) < 4.78 is 0. The maximum absolute atomic E-state index is 10.6. The summed E-state index contributed by atoms with van der Waals surface area (Å²) in [5, 5.41) is 20.7. The van der Waals surface area contributed by atoms with Gasteiger partial charge >= 0.3 is 0 Å². The third-order valence-electron chi connectivity index (χ3n) is 10.0. The van der Waals surface area contributed by atoms with Gasteiger partial charge in [-0.15, -0.1) is 0 Å². The maximum Gasteiger partial charge on any atom is 0.0618 e. The number of aliphatic hydroxyl groups excluding tert-OH is 2. The van der Waals surface area contributed by atoms with Crippen LogP contribution in [0.25, 0.3) is 0 Å². The van der Waals surface area contributed by atoms with Crippen molar-refractivity contribution in [3.05, 3.63) is 0 Å². The van der Waals surface area contributed by atoms with E-state index in [0.717, 1.165) is 24.2 Å². The van der Waals surface area contributed by atoms with E-state index in [4.69, 9.17) is 0 Å². The van der Waals surface area contributed by atoms with Gasteiger partial charge in [0.1, 0.15) is 0 Å². The van der Waals surface area contributed by atoms with Crippen molar-refractivity contribution in [2.24, 2.45) is 45.3 Å². The van der Waals surface area contributed by atoms with Crippen molar-refractivity contribution in [1.82, 2.24) is 0 Å². The molecule has 0 radical (unpaired) electrons. The van der Waals surface area contributed by atoms with E-state index in [1.54, 1.807) is 0 Å². The van der Waals surface area contributed by atoms with Gasteiger partial charge in [0.15, 0.2) is 0 Å². The molecule has 6 rings (SSSR count). The average Bonchev–Trinajstić information content (AvgIpc) is 2.94. The van der Waals surface area contributed by atoms with Gasteiger partial charge < -0.3 is 10.2 Å². The molecule has 0 aromatic carbocycles. The minimum Gasteiger partial charge on any atom is -0.396 e. The predicted octanol–water partition coefficient (Wildman–Crippen LogP) is 3.61. The van der Waals surface area contributed by atoms with Crippen LogP contribution in [0, 0.1) is 45.3 Å². The monoisotopic (exact) mass is 304 g/mol. The summed E-state index contributed by atoms with van der Waals surface area (Å²) in [6.45, 7) is 7.40. The quantitative estimate of drug-likeness (QED) is 0.777. The third-order valence-corrected chi connectivity index (χ3v) is 10.0. The number of aliphatic hydroxyl groups is 2. The van der Waals surface area contributed by atoms with Crippen LogP contribution < -0.4 is 0 Å². The van der Waals surface area contributed by atoms with Gasteiger partial charge in [0.25, 0.3) is 0 Å². The van der Waals surface area contributed by atoms with E-state index in [-0.39, 0.29) is 18.1 Å². The number of hydrogen-bond acceptors (Lipinski definition) is 2. The topological polar surface area (TPSA) is 40.5 Å². The Hall–Kier alpha value is -0.0800. The zero-order valence-corrected chi connectivity index (χ0v) is 14.4. The zero-order chi connectivity index (χ0) is 15.5. The van der Waals surface area contributed by atoms with E-state index in [0.29, 0.717) is 22.2 Å². The summed E-state index contributed by atoms with van der Waals surface area (Å²) in [6.07, 6.45) is 8.78. The molecule has 6 saturated carbocycles. The molecular formula is C20H32O2. The summed E-state index contributed by atoms with van der Waals surface area (Å²) in [5.41, 5.74) is 1.40. The Bertz CT molecular complexity index is 532. The second kappa shape index (κ2) is 3.77. The average molecular weight is 304 g/mol. The number of hydrogen-bond donors (Lipinski definition) is 2. The lowest BCUT2D eigenvalue weighted by Crippen LogP contribution is -2.62. The highest BCUT2D eigenvalue weighted by Crippen LogP contribution is 2.85. The van der Waals surface area contributed by atoms with Crippen LogP contribution >= 0.6 is 0 Å². The van der Waals surface area contributed by atoms with E-state index >= 15 is 0 Å². The Morgan fingerprint density at radius 3 is 2.36 bits per heavy atom. The van der Waals surface area contributed by atoms with Gasteiger partial charge in [-0.25, -0.2) is 0 Å². The molecule has 6 fully saturated rings. The van der Waals surface area contributed by atoms with Crippen LogP contribution in [0.5, 0.6) is 0 Å². The van der Waals surface area contributed by atoms with Crippen molar-refractivity contribution in [3.8, 4) is 0 Å². The van der Waals surface area contributed by atoms with Gasteiger partial charge in [-0.05, 0) is 84.9 Å². The van der Waals surface area contributed by atoms with Crippen molar-refractivity contribution >= 4 is 0 Å². The van der Waals surface area contributed by atoms with Gasteiger partial charge in [-0.2, -0.15) is 0 Å². The molecule has 6 aliphatic carbocycles. The van der Waals surface area contributed by atoms with E-state index < -0.39 is 0 Å². The fourth-order valence-electron chi connectivity index (χ4n) is 8.87. The van der Waals surface area contributed by atoms with Crippen molar-refractivity contribution in [2.75, 3.05) is 6.61 Å². The first-order valence-electron chi connectivity index (χ1n) is 9.59. The first-order valence-corrected chi connectivity index (χ1v) is 9.59. The summed E-state index contributed by atoms with van der Waals surface area (Å²) in [5.74, 6) is 3.41. The van der Waals surface area contributed by atoms with Crippen LogP contribution in [0.1, 0.15) is 65.7 Å². The van der Waals surface area contributed by atoms with Crippen molar-refractivity contribution in [2.45, 2.75) is 71.8 Å². The highest BCUT2D eigenvalue weighted by atomic mass is 16.3. The molecule has 9 atom stereocenters. The van der Waals surface area contributed by atoms with E-state index in [1.807, 2.05) is 0 Å². The maximum atomic E-state index is 10.6. The molecule has 124 valence electrons.